The van der Waals surface area contributed by atoms with Crippen molar-refractivity contribution in [3.05, 3.63) is 23.8 Å². The molecule has 8 nitrogen and oxygen atoms in total. The lowest BCUT2D eigenvalue weighted by Crippen LogP contribution is -2.50. The van der Waals surface area contributed by atoms with Crippen LogP contribution in [0.5, 0.6) is 5.75 Å². The number of aliphatic carboxylic acids is 1. The highest BCUT2D eigenvalue weighted by molar-refractivity contribution is 6.01. The molecule has 1 saturated carbocycles. The van der Waals surface area contributed by atoms with E-state index in [0.29, 0.717) is 18.4 Å². The van der Waals surface area contributed by atoms with Crippen LogP contribution in [-0.4, -0.2) is 47.4 Å². The number of alkyl carbamates (subject to hydrolysis) is 1. The number of nitrogens with zero attached hydrogens (tertiary/aromatic N) is 1. The van der Waals surface area contributed by atoms with Crippen molar-refractivity contribution in [3.63, 3.8) is 0 Å². The van der Waals surface area contributed by atoms with Crippen molar-refractivity contribution < 1.29 is 29.0 Å². The number of fused-ring (bicyclic) bond motifs is 1. The molecule has 1 aromatic rings. The number of carbonyl (C=O) groups excluding carboxylic acids is 2. The lowest BCUT2D eigenvalue weighted by atomic mass is 9.72. The van der Waals surface area contributed by atoms with Crippen LogP contribution in [0, 0.1) is 11.3 Å². The Kier molecular flexibility index (Phi) is 8.02. The van der Waals surface area contributed by atoms with Crippen molar-refractivity contribution in [2.75, 3.05) is 11.4 Å². The Morgan fingerprint density at radius 3 is 2.31 bits per heavy atom. The van der Waals surface area contributed by atoms with Crippen molar-refractivity contribution >= 4 is 23.7 Å². The SMILES string of the molecule is CC(C)(C)OC(=O)NC(CC(=O)O)C(=O)N1CCc2cc(OC3CCC(C(C)(C)C)CC3)ccc21. The van der Waals surface area contributed by atoms with Gasteiger partial charge in [-0.15, -0.1) is 0 Å². The van der Waals surface area contributed by atoms with E-state index in [1.165, 1.54) is 0 Å². The van der Waals surface area contributed by atoms with Gasteiger partial charge >= 0.3 is 12.1 Å². The van der Waals surface area contributed by atoms with Crippen LogP contribution in [0.4, 0.5) is 10.5 Å². The van der Waals surface area contributed by atoms with Gasteiger partial charge in [-0.1, -0.05) is 20.8 Å². The molecule has 1 fully saturated rings. The van der Waals surface area contributed by atoms with Gasteiger partial charge in [0.2, 0.25) is 5.91 Å². The minimum absolute atomic E-state index is 0.198. The Bertz CT molecular complexity index is 938. The van der Waals surface area contributed by atoms with E-state index in [1.54, 1.807) is 25.7 Å². The molecule has 0 bridgehead atoms. The summed E-state index contributed by atoms with van der Waals surface area (Å²) in [7, 11) is 0. The summed E-state index contributed by atoms with van der Waals surface area (Å²) in [5.41, 5.74) is 1.26. The van der Waals surface area contributed by atoms with Crippen molar-refractivity contribution in [1.82, 2.24) is 5.32 Å². The topological polar surface area (TPSA) is 105 Å². The van der Waals surface area contributed by atoms with E-state index in [0.717, 1.165) is 48.6 Å². The van der Waals surface area contributed by atoms with Gasteiger partial charge in [-0.2, -0.15) is 0 Å². The molecular weight excluding hydrogens is 448 g/mol. The largest absolute Gasteiger partial charge is 0.490 e. The standard InChI is InChI=1S/C27H40N2O6/c1-26(2,3)18-7-9-19(10-8-18)34-20-11-12-22-17(15-20)13-14-29(22)24(32)21(16-23(30)31)28-25(33)35-27(4,5)6/h11-12,15,18-19,21H,7-10,13-14,16H2,1-6H3,(H,28,33)(H,30,31). The maximum Gasteiger partial charge on any atom is 0.408 e. The molecule has 1 unspecified atom stereocenters. The number of carboxylic acid groups (broad SMARTS) is 1. The minimum Gasteiger partial charge on any atom is -0.490 e. The lowest BCUT2D eigenvalue weighted by molar-refractivity contribution is -0.139. The second kappa shape index (κ2) is 10.5. The third kappa shape index (κ3) is 7.36. The Morgan fingerprint density at radius 2 is 1.74 bits per heavy atom. The Balaban J connectivity index is 1.65. The summed E-state index contributed by atoms with van der Waals surface area (Å²) >= 11 is 0. The predicted octanol–water partition coefficient (Wildman–Crippen LogP) is 4.93. The monoisotopic (exact) mass is 488 g/mol. The third-order valence-corrected chi connectivity index (χ3v) is 6.78. The number of nitrogens with one attached hydrogen (secondary N) is 1. The van der Waals surface area contributed by atoms with Crippen LogP contribution in [0.1, 0.15) is 79.2 Å². The van der Waals surface area contributed by atoms with Gasteiger partial charge in [-0.05, 0) is 88.0 Å². The molecule has 0 spiro atoms. The molecule has 2 amide bonds. The number of anilines is 1. The smallest absolute Gasteiger partial charge is 0.408 e. The predicted molar refractivity (Wildman–Crippen MR) is 134 cm³/mol. The highest BCUT2D eigenvalue weighted by Gasteiger charge is 2.34. The molecule has 0 radical (unpaired) electrons. The van der Waals surface area contributed by atoms with Crippen LogP contribution in [0.3, 0.4) is 0 Å². The number of hydrogen-bond acceptors (Lipinski definition) is 5. The molecule has 35 heavy (non-hydrogen) atoms. The summed E-state index contributed by atoms with van der Waals surface area (Å²) in [6, 6.07) is 4.48. The Labute approximate surface area is 208 Å². The van der Waals surface area contributed by atoms with E-state index in [2.05, 4.69) is 26.1 Å². The van der Waals surface area contributed by atoms with E-state index in [1.807, 2.05) is 18.2 Å². The zero-order valence-corrected chi connectivity index (χ0v) is 21.8. The van der Waals surface area contributed by atoms with E-state index in [-0.39, 0.29) is 6.10 Å². The summed E-state index contributed by atoms with van der Waals surface area (Å²) < 4.78 is 11.5. The summed E-state index contributed by atoms with van der Waals surface area (Å²) in [5, 5.41) is 11.7. The Hall–Kier alpha value is -2.77. The van der Waals surface area contributed by atoms with Crippen LogP contribution in [0.2, 0.25) is 0 Å². The molecule has 8 heteroatoms. The van der Waals surface area contributed by atoms with E-state index in [4.69, 9.17) is 9.47 Å². The summed E-state index contributed by atoms with van der Waals surface area (Å²) in [5.74, 6) is -0.129. The maximum absolute atomic E-state index is 13.2. The zero-order valence-electron chi connectivity index (χ0n) is 21.8. The summed E-state index contributed by atoms with van der Waals surface area (Å²) in [6.45, 7) is 12.4. The van der Waals surface area contributed by atoms with Crippen LogP contribution < -0.4 is 15.0 Å². The van der Waals surface area contributed by atoms with E-state index < -0.39 is 36.0 Å². The van der Waals surface area contributed by atoms with Gasteiger partial charge in [-0.3, -0.25) is 9.59 Å². The zero-order chi connectivity index (χ0) is 26.0. The molecule has 0 saturated heterocycles. The normalized spacial score (nSPS) is 21.1. The lowest BCUT2D eigenvalue weighted by Gasteiger charge is -2.37. The number of ether oxygens (including phenoxy) is 2. The average molecular weight is 489 g/mol. The number of rotatable bonds is 6. The molecule has 1 atom stereocenters. The van der Waals surface area contributed by atoms with Crippen molar-refractivity contribution in [2.24, 2.45) is 11.3 Å². The molecule has 2 N–H and O–H groups in total. The molecule has 0 aromatic heterocycles. The fraction of sp³-hybridized carbons (Fsp3) is 0.667. The fourth-order valence-electron chi connectivity index (χ4n) is 4.93. The molecule has 2 aliphatic rings. The van der Waals surface area contributed by atoms with Crippen LogP contribution in [-0.2, 0) is 20.7 Å². The molecule has 1 aromatic carbocycles. The minimum atomic E-state index is -1.22. The molecule has 1 heterocycles. The van der Waals surface area contributed by atoms with Gasteiger partial charge in [0, 0.05) is 12.2 Å². The number of benzene rings is 1. The molecular formula is C27H40N2O6. The fourth-order valence-corrected chi connectivity index (χ4v) is 4.93. The number of carbonyl (C=O) groups is 3. The first-order chi connectivity index (χ1) is 16.2. The number of amides is 2. The highest BCUT2D eigenvalue weighted by Crippen LogP contribution is 2.39. The highest BCUT2D eigenvalue weighted by atomic mass is 16.6. The van der Waals surface area contributed by atoms with Crippen LogP contribution >= 0.6 is 0 Å². The molecule has 1 aliphatic carbocycles. The van der Waals surface area contributed by atoms with Crippen LogP contribution in [0.15, 0.2) is 18.2 Å². The van der Waals surface area contributed by atoms with Crippen molar-refractivity contribution in [2.45, 2.75) is 97.8 Å². The van der Waals surface area contributed by atoms with E-state index >= 15 is 0 Å². The summed E-state index contributed by atoms with van der Waals surface area (Å²) in [4.78, 5) is 38.3. The summed E-state index contributed by atoms with van der Waals surface area (Å²) in [6.07, 6.45) is 3.90. The molecule has 194 valence electrons. The maximum atomic E-state index is 13.2. The Morgan fingerprint density at radius 1 is 1.09 bits per heavy atom. The van der Waals surface area contributed by atoms with Gasteiger partial charge < -0.3 is 24.8 Å². The van der Waals surface area contributed by atoms with Crippen molar-refractivity contribution in [3.8, 4) is 5.75 Å². The van der Waals surface area contributed by atoms with Gasteiger partial charge in [0.05, 0.1) is 12.5 Å². The van der Waals surface area contributed by atoms with Crippen molar-refractivity contribution in [1.29, 1.82) is 0 Å². The van der Waals surface area contributed by atoms with Gasteiger partial charge in [0.1, 0.15) is 17.4 Å². The first-order valence-electron chi connectivity index (χ1n) is 12.5. The molecule has 1 aliphatic heterocycles. The third-order valence-electron chi connectivity index (χ3n) is 6.78. The van der Waals surface area contributed by atoms with Gasteiger partial charge in [0.15, 0.2) is 0 Å². The van der Waals surface area contributed by atoms with E-state index in [9.17, 15) is 19.5 Å². The number of hydrogen-bond donors (Lipinski definition) is 2. The second-order valence-electron chi connectivity index (χ2n) is 11.8. The molecule has 3 rings (SSSR count). The van der Waals surface area contributed by atoms with Crippen LogP contribution in [0.25, 0.3) is 0 Å². The first kappa shape index (κ1) is 26.8. The van der Waals surface area contributed by atoms with Gasteiger partial charge in [0.25, 0.3) is 0 Å². The average Bonchev–Trinajstić information content (AvgIpc) is 3.14. The first-order valence-corrected chi connectivity index (χ1v) is 12.5. The quantitative estimate of drug-likeness (QED) is 0.588. The van der Waals surface area contributed by atoms with Gasteiger partial charge in [-0.25, -0.2) is 4.79 Å². The number of carboxylic acids is 1. The second-order valence-corrected chi connectivity index (χ2v) is 11.8.